The van der Waals surface area contributed by atoms with E-state index in [1.807, 2.05) is 13.2 Å². The second-order valence-electron chi connectivity index (χ2n) is 5.51. The van der Waals surface area contributed by atoms with Gasteiger partial charge in [-0.25, -0.2) is 13.1 Å². The summed E-state index contributed by atoms with van der Waals surface area (Å²) >= 11 is 1.74. The molecule has 0 aliphatic heterocycles. The Morgan fingerprint density at radius 2 is 2.05 bits per heavy atom. The van der Waals surface area contributed by atoms with Crippen LogP contribution in [0, 0.1) is 0 Å². The lowest BCUT2D eigenvalue weighted by Crippen LogP contribution is -2.45. The number of benzene rings is 1. The second kappa shape index (κ2) is 6.69. The molecule has 0 radical (unpaired) electrons. The van der Waals surface area contributed by atoms with Crippen molar-refractivity contribution in [2.45, 2.75) is 48.9 Å². The van der Waals surface area contributed by atoms with E-state index in [-0.39, 0.29) is 16.2 Å². The van der Waals surface area contributed by atoms with E-state index in [1.165, 1.54) is 6.42 Å². The van der Waals surface area contributed by atoms with Gasteiger partial charge in [-0.2, -0.15) is 11.8 Å². The zero-order chi connectivity index (χ0) is 15.5. The normalized spacial score (nSPS) is 17.5. The molecule has 6 heteroatoms. The number of hydrogen-bond donors (Lipinski definition) is 2. The van der Waals surface area contributed by atoms with Crippen molar-refractivity contribution in [3.63, 3.8) is 0 Å². The standard InChI is InChI=1S/C15H23NO3S2/c1-3-12-5-6-14(9-13(12)10-17)21(18,19)16-11-15(20-2)7-4-8-15/h5-6,9,16-17H,3-4,7-8,10-11H2,1-2H3. The molecule has 0 heterocycles. The van der Waals surface area contributed by atoms with E-state index in [1.54, 1.807) is 30.0 Å². The molecule has 21 heavy (non-hydrogen) atoms. The van der Waals surface area contributed by atoms with Crippen molar-refractivity contribution in [2.24, 2.45) is 0 Å². The van der Waals surface area contributed by atoms with E-state index in [2.05, 4.69) is 4.72 Å². The highest BCUT2D eigenvalue weighted by atomic mass is 32.2. The van der Waals surface area contributed by atoms with Crippen LogP contribution in [0.1, 0.15) is 37.3 Å². The van der Waals surface area contributed by atoms with Gasteiger partial charge < -0.3 is 5.11 Å². The van der Waals surface area contributed by atoms with Gasteiger partial charge in [-0.1, -0.05) is 19.4 Å². The van der Waals surface area contributed by atoms with Crippen LogP contribution in [-0.2, 0) is 23.1 Å². The molecule has 0 unspecified atom stereocenters. The molecule has 1 aromatic rings. The van der Waals surface area contributed by atoms with Gasteiger partial charge in [0, 0.05) is 11.3 Å². The minimum Gasteiger partial charge on any atom is -0.392 e. The Morgan fingerprint density at radius 1 is 1.33 bits per heavy atom. The highest BCUT2D eigenvalue weighted by Crippen LogP contribution is 2.42. The number of hydrogen-bond acceptors (Lipinski definition) is 4. The topological polar surface area (TPSA) is 66.4 Å². The van der Waals surface area contributed by atoms with Gasteiger partial charge in [0.05, 0.1) is 11.5 Å². The molecule has 1 fully saturated rings. The van der Waals surface area contributed by atoms with Crippen LogP contribution in [0.4, 0.5) is 0 Å². The number of nitrogens with one attached hydrogen (secondary N) is 1. The monoisotopic (exact) mass is 329 g/mol. The van der Waals surface area contributed by atoms with E-state index in [9.17, 15) is 13.5 Å². The van der Waals surface area contributed by atoms with Gasteiger partial charge in [0.2, 0.25) is 10.0 Å². The highest BCUT2D eigenvalue weighted by Gasteiger charge is 2.37. The summed E-state index contributed by atoms with van der Waals surface area (Å²) in [5, 5.41) is 9.37. The predicted molar refractivity (Wildman–Crippen MR) is 87.0 cm³/mol. The fourth-order valence-electron chi connectivity index (χ4n) is 2.60. The number of thioether (sulfide) groups is 1. The summed E-state index contributed by atoms with van der Waals surface area (Å²) in [6.45, 7) is 2.32. The third kappa shape index (κ3) is 3.62. The third-order valence-corrected chi connectivity index (χ3v) is 7.14. The summed E-state index contributed by atoms with van der Waals surface area (Å²) in [5.41, 5.74) is 1.67. The Kier molecular flexibility index (Phi) is 5.35. The van der Waals surface area contributed by atoms with E-state index in [0.717, 1.165) is 24.8 Å². The fraction of sp³-hybridized carbons (Fsp3) is 0.600. The number of aryl methyl sites for hydroxylation is 1. The SMILES string of the molecule is CCc1ccc(S(=O)(=O)NCC2(SC)CCC2)cc1CO. The van der Waals surface area contributed by atoms with Crippen LogP contribution >= 0.6 is 11.8 Å². The molecule has 2 N–H and O–H groups in total. The van der Waals surface area contributed by atoms with E-state index in [0.29, 0.717) is 12.1 Å². The zero-order valence-corrected chi connectivity index (χ0v) is 14.2. The summed E-state index contributed by atoms with van der Waals surface area (Å²) in [6.07, 6.45) is 6.11. The average Bonchev–Trinajstić information content (AvgIpc) is 2.45. The molecule has 2 rings (SSSR count). The van der Waals surface area contributed by atoms with Gasteiger partial charge in [0.25, 0.3) is 0 Å². The van der Waals surface area contributed by atoms with Crippen molar-refractivity contribution in [2.75, 3.05) is 12.8 Å². The molecule has 0 aromatic heterocycles. The molecule has 118 valence electrons. The molecule has 0 amide bonds. The summed E-state index contributed by atoms with van der Waals surface area (Å²) in [5.74, 6) is 0. The van der Waals surface area contributed by atoms with E-state index >= 15 is 0 Å². The Balaban J connectivity index is 2.15. The Bertz CT molecular complexity index is 589. The minimum absolute atomic E-state index is 0.0657. The van der Waals surface area contributed by atoms with Crippen LogP contribution < -0.4 is 4.72 Å². The number of sulfonamides is 1. The molecule has 0 bridgehead atoms. The molecule has 1 aliphatic rings. The quantitative estimate of drug-likeness (QED) is 0.805. The lowest BCUT2D eigenvalue weighted by atomic mass is 9.84. The molecule has 4 nitrogen and oxygen atoms in total. The lowest BCUT2D eigenvalue weighted by molar-refractivity contribution is 0.280. The average molecular weight is 329 g/mol. The predicted octanol–water partition coefficient (Wildman–Crippen LogP) is 2.31. The van der Waals surface area contributed by atoms with Crippen LogP contribution in [0.2, 0.25) is 0 Å². The highest BCUT2D eigenvalue weighted by molar-refractivity contribution is 8.00. The molecular weight excluding hydrogens is 306 g/mol. The van der Waals surface area contributed by atoms with Gasteiger partial charge in [-0.3, -0.25) is 0 Å². The molecule has 0 spiro atoms. The Hall–Kier alpha value is -0.560. The minimum atomic E-state index is -3.51. The van der Waals surface area contributed by atoms with Gasteiger partial charge in [0.15, 0.2) is 0 Å². The summed E-state index contributed by atoms with van der Waals surface area (Å²) in [6, 6.07) is 4.98. The van der Waals surface area contributed by atoms with Gasteiger partial charge >= 0.3 is 0 Å². The van der Waals surface area contributed by atoms with Crippen molar-refractivity contribution in [1.29, 1.82) is 0 Å². The van der Waals surface area contributed by atoms with Crippen molar-refractivity contribution >= 4 is 21.8 Å². The number of aliphatic hydroxyl groups is 1. The number of rotatable bonds is 7. The van der Waals surface area contributed by atoms with Crippen LogP contribution in [0.15, 0.2) is 23.1 Å². The molecule has 1 aliphatic carbocycles. The van der Waals surface area contributed by atoms with Crippen molar-refractivity contribution < 1.29 is 13.5 Å². The molecule has 0 atom stereocenters. The largest absolute Gasteiger partial charge is 0.392 e. The van der Waals surface area contributed by atoms with Crippen molar-refractivity contribution in [3.05, 3.63) is 29.3 Å². The maximum atomic E-state index is 12.4. The molecule has 1 aromatic carbocycles. The Morgan fingerprint density at radius 3 is 2.52 bits per heavy atom. The van der Waals surface area contributed by atoms with Crippen LogP contribution in [0.25, 0.3) is 0 Å². The summed E-state index contributed by atoms with van der Waals surface area (Å²) in [4.78, 5) is 0.235. The first-order valence-electron chi connectivity index (χ1n) is 7.24. The Labute approximate surface area is 131 Å². The van der Waals surface area contributed by atoms with Crippen molar-refractivity contribution in [3.8, 4) is 0 Å². The van der Waals surface area contributed by atoms with Gasteiger partial charge in [-0.15, -0.1) is 0 Å². The zero-order valence-electron chi connectivity index (χ0n) is 12.6. The van der Waals surface area contributed by atoms with Crippen LogP contribution in [0.3, 0.4) is 0 Å². The second-order valence-corrected chi connectivity index (χ2v) is 8.55. The van der Waals surface area contributed by atoms with Crippen LogP contribution in [0.5, 0.6) is 0 Å². The molecular formula is C15H23NO3S2. The van der Waals surface area contributed by atoms with E-state index in [4.69, 9.17) is 0 Å². The first-order chi connectivity index (χ1) is 9.96. The van der Waals surface area contributed by atoms with Gasteiger partial charge in [-0.05, 0) is 48.8 Å². The first-order valence-corrected chi connectivity index (χ1v) is 9.94. The first kappa shape index (κ1) is 16.8. The third-order valence-electron chi connectivity index (χ3n) is 4.32. The summed E-state index contributed by atoms with van der Waals surface area (Å²) in [7, 11) is -3.51. The fourth-order valence-corrected chi connectivity index (χ4v) is 4.78. The smallest absolute Gasteiger partial charge is 0.240 e. The summed E-state index contributed by atoms with van der Waals surface area (Å²) < 4.78 is 27.6. The lowest BCUT2D eigenvalue weighted by Gasteiger charge is -2.40. The molecule has 1 saturated carbocycles. The number of aliphatic hydroxyl groups excluding tert-OH is 1. The maximum Gasteiger partial charge on any atom is 0.240 e. The van der Waals surface area contributed by atoms with E-state index < -0.39 is 10.0 Å². The maximum absolute atomic E-state index is 12.4. The van der Waals surface area contributed by atoms with Crippen molar-refractivity contribution in [1.82, 2.24) is 4.72 Å². The van der Waals surface area contributed by atoms with Gasteiger partial charge in [0.1, 0.15) is 0 Å². The molecule has 0 saturated heterocycles. The van der Waals surface area contributed by atoms with Crippen LogP contribution in [-0.4, -0.2) is 31.1 Å².